The monoisotopic (exact) mass is 538 g/mol. The van der Waals surface area contributed by atoms with E-state index in [1.165, 1.54) is 0 Å². The number of carboxylic acids is 1. The molecule has 1 saturated carbocycles. The van der Waals surface area contributed by atoms with Crippen LogP contribution >= 0.6 is 0 Å². The lowest BCUT2D eigenvalue weighted by atomic mass is 9.75. The summed E-state index contributed by atoms with van der Waals surface area (Å²) >= 11 is 0. The van der Waals surface area contributed by atoms with Gasteiger partial charge in [-0.15, -0.1) is 0 Å². The highest BCUT2D eigenvalue weighted by Gasteiger charge is 2.37. The van der Waals surface area contributed by atoms with Gasteiger partial charge in [-0.1, -0.05) is 76.1 Å². The summed E-state index contributed by atoms with van der Waals surface area (Å²) in [6.45, 7) is 15.2. The first-order valence-electron chi connectivity index (χ1n) is 14.0. The Balaban J connectivity index is 1.75. The Morgan fingerprint density at radius 3 is 2.21 bits per heavy atom. The SMILES string of the molecule is CCN(CCO[Si](C)(C)C(C)(C)C)C(=O)N(Cc1ccc([C@@H]2CCCC[C@H]2C(=O)O)cc1)c1ccccc1. The van der Waals surface area contributed by atoms with Gasteiger partial charge in [0.25, 0.3) is 0 Å². The Hall–Kier alpha value is -2.64. The Kier molecular flexibility index (Phi) is 10.2. The molecule has 0 saturated heterocycles. The molecule has 0 radical (unpaired) electrons. The smallest absolute Gasteiger partial charge is 0.324 e. The predicted molar refractivity (Wildman–Crippen MR) is 157 cm³/mol. The molecular weight excluding hydrogens is 492 g/mol. The van der Waals surface area contributed by atoms with Crippen molar-refractivity contribution < 1.29 is 19.1 Å². The maximum Gasteiger partial charge on any atom is 0.324 e. The first-order chi connectivity index (χ1) is 17.9. The standard InChI is InChI=1S/C31H46N2O4Si/c1-7-32(21-22-37-38(5,6)31(2,3)4)30(36)33(26-13-9-8-10-14-26)23-24-17-19-25(20-18-24)27-15-11-12-16-28(27)29(34)35/h8-10,13-14,17-20,27-28H,7,11-12,15-16,21-23H2,1-6H3,(H,34,35)/t27-,28+/m0/s1. The number of likely N-dealkylation sites (N-methyl/N-ethyl adjacent to an activating group) is 1. The number of benzene rings is 2. The van der Waals surface area contributed by atoms with Crippen molar-refractivity contribution in [2.75, 3.05) is 24.6 Å². The normalized spacial score (nSPS) is 18.2. The van der Waals surface area contributed by atoms with Crippen molar-refractivity contribution in [3.05, 3.63) is 65.7 Å². The van der Waals surface area contributed by atoms with E-state index in [1.807, 2.05) is 59.2 Å². The number of carbonyl (C=O) groups excluding carboxylic acids is 1. The third-order valence-electron chi connectivity index (χ3n) is 8.41. The molecule has 6 nitrogen and oxygen atoms in total. The molecule has 208 valence electrons. The molecule has 38 heavy (non-hydrogen) atoms. The topological polar surface area (TPSA) is 70.1 Å². The van der Waals surface area contributed by atoms with Gasteiger partial charge < -0.3 is 14.4 Å². The predicted octanol–water partition coefficient (Wildman–Crippen LogP) is 7.52. The minimum Gasteiger partial charge on any atom is -0.481 e. The minimum atomic E-state index is -1.89. The zero-order chi connectivity index (χ0) is 27.9. The van der Waals surface area contributed by atoms with Crippen LogP contribution in [0.15, 0.2) is 54.6 Å². The number of nitrogens with zero attached hydrogens (tertiary/aromatic N) is 2. The Morgan fingerprint density at radius 2 is 1.63 bits per heavy atom. The van der Waals surface area contributed by atoms with E-state index >= 15 is 0 Å². The number of amides is 2. The van der Waals surface area contributed by atoms with E-state index in [1.54, 1.807) is 0 Å². The van der Waals surface area contributed by atoms with Gasteiger partial charge >= 0.3 is 12.0 Å². The van der Waals surface area contributed by atoms with E-state index in [0.29, 0.717) is 26.2 Å². The summed E-state index contributed by atoms with van der Waals surface area (Å²) < 4.78 is 6.36. The molecule has 1 aliphatic rings. The van der Waals surface area contributed by atoms with Crippen LogP contribution in [0.5, 0.6) is 0 Å². The van der Waals surface area contributed by atoms with Gasteiger partial charge in [0.2, 0.25) is 0 Å². The quantitative estimate of drug-likeness (QED) is 0.318. The second kappa shape index (κ2) is 12.9. The van der Waals surface area contributed by atoms with E-state index < -0.39 is 14.3 Å². The molecule has 0 aliphatic heterocycles. The van der Waals surface area contributed by atoms with Crippen LogP contribution in [0.3, 0.4) is 0 Å². The summed E-state index contributed by atoms with van der Waals surface area (Å²) in [4.78, 5) is 29.3. The van der Waals surface area contributed by atoms with Gasteiger partial charge in [-0.3, -0.25) is 9.69 Å². The Morgan fingerprint density at radius 1 is 1.00 bits per heavy atom. The van der Waals surface area contributed by atoms with Crippen molar-refractivity contribution in [1.82, 2.24) is 4.90 Å². The van der Waals surface area contributed by atoms with Crippen molar-refractivity contribution >= 4 is 26.0 Å². The van der Waals surface area contributed by atoms with Gasteiger partial charge in [0.05, 0.1) is 19.1 Å². The van der Waals surface area contributed by atoms with Crippen LogP contribution in [0.4, 0.5) is 10.5 Å². The van der Waals surface area contributed by atoms with E-state index in [9.17, 15) is 14.7 Å². The molecule has 1 fully saturated rings. The highest BCUT2D eigenvalue weighted by Crippen LogP contribution is 2.38. The number of urea groups is 1. The molecular formula is C31H46N2O4Si. The van der Waals surface area contributed by atoms with E-state index in [2.05, 4.69) is 46.0 Å². The molecule has 0 bridgehead atoms. The van der Waals surface area contributed by atoms with Crippen LogP contribution < -0.4 is 4.90 Å². The highest BCUT2D eigenvalue weighted by atomic mass is 28.4. The van der Waals surface area contributed by atoms with Crippen LogP contribution in [0.2, 0.25) is 18.1 Å². The van der Waals surface area contributed by atoms with Gasteiger partial charge in [-0.05, 0) is 67.1 Å². The van der Waals surface area contributed by atoms with Gasteiger partial charge in [0.1, 0.15) is 0 Å². The maximum atomic E-state index is 13.8. The molecule has 7 heteroatoms. The van der Waals surface area contributed by atoms with Crippen LogP contribution in [0.25, 0.3) is 0 Å². The first kappa shape index (κ1) is 29.9. The molecule has 1 N–H and O–H groups in total. The van der Waals surface area contributed by atoms with Gasteiger partial charge in [-0.2, -0.15) is 0 Å². The number of rotatable bonds is 10. The summed E-state index contributed by atoms with van der Waals surface area (Å²) in [5.74, 6) is -0.959. The molecule has 0 heterocycles. The lowest BCUT2D eigenvalue weighted by Gasteiger charge is -2.37. The second-order valence-corrected chi connectivity index (χ2v) is 16.8. The van der Waals surface area contributed by atoms with Crippen molar-refractivity contribution in [1.29, 1.82) is 0 Å². The number of anilines is 1. The van der Waals surface area contributed by atoms with E-state index in [0.717, 1.165) is 42.5 Å². The summed E-state index contributed by atoms with van der Waals surface area (Å²) in [5.41, 5.74) is 2.95. The molecule has 0 aromatic heterocycles. The van der Waals surface area contributed by atoms with Gasteiger partial charge in [0.15, 0.2) is 8.32 Å². The molecule has 3 rings (SSSR count). The van der Waals surface area contributed by atoms with Crippen LogP contribution in [0.1, 0.15) is 70.4 Å². The third kappa shape index (κ3) is 7.47. The zero-order valence-corrected chi connectivity index (χ0v) is 25.1. The van der Waals surface area contributed by atoms with Crippen LogP contribution in [-0.4, -0.2) is 50.0 Å². The number of carboxylic acid groups (broad SMARTS) is 1. The minimum absolute atomic E-state index is 0.0418. The van der Waals surface area contributed by atoms with E-state index in [4.69, 9.17) is 4.43 Å². The fourth-order valence-corrected chi connectivity index (χ4v) is 5.98. The van der Waals surface area contributed by atoms with E-state index in [-0.39, 0.29) is 22.9 Å². The molecule has 2 aromatic rings. The Bertz CT molecular complexity index is 1050. The number of carbonyl (C=O) groups is 2. The molecule has 0 unspecified atom stereocenters. The van der Waals surface area contributed by atoms with Crippen LogP contribution in [-0.2, 0) is 15.8 Å². The third-order valence-corrected chi connectivity index (χ3v) is 13.0. The number of para-hydroxylation sites is 1. The average molecular weight is 539 g/mol. The molecule has 2 aromatic carbocycles. The summed E-state index contributed by atoms with van der Waals surface area (Å²) in [7, 11) is -1.89. The largest absolute Gasteiger partial charge is 0.481 e. The highest BCUT2D eigenvalue weighted by molar-refractivity contribution is 6.74. The molecule has 2 amide bonds. The number of hydrogen-bond acceptors (Lipinski definition) is 3. The fraction of sp³-hybridized carbons (Fsp3) is 0.548. The molecule has 1 aliphatic carbocycles. The fourth-order valence-electron chi connectivity index (χ4n) is 4.94. The average Bonchev–Trinajstić information content (AvgIpc) is 2.89. The number of aliphatic carboxylic acids is 1. The summed E-state index contributed by atoms with van der Waals surface area (Å²) in [6, 6.07) is 17.9. The van der Waals surface area contributed by atoms with Crippen molar-refractivity contribution in [3.8, 4) is 0 Å². The van der Waals surface area contributed by atoms with Crippen molar-refractivity contribution in [2.45, 2.75) is 84.0 Å². The van der Waals surface area contributed by atoms with Crippen molar-refractivity contribution in [2.24, 2.45) is 5.92 Å². The lowest BCUT2D eigenvalue weighted by Crippen LogP contribution is -2.47. The lowest BCUT2D eigenvalue weighted by molar-refractivity contribution is -0.143. The molecule has 0 spiro atoms. The van der Waals surface area contributed by atoms with Crippen LogP contribution in [0, 0.1) is 5.92 Å². The summed E-state index contributed by atoms with van der Waals surface area (Å²) in [5, 5.41) is 9.82. The maximum absolute atomic E-state index is 13.8. The number of hydrogen-bond donors (Lipinski definition) is 1. The molecule has 2 atom stereocenters. The Labute approximate surface area is 230 Å². The summed E-state index contributed by atoms with van der Waals surface area (Å²) in [6.07, 6.45) is 3.70. The van der Waals surface area contributed by atoms with Crippen molar-refractivity contribution in [3.63, 3.8) is 0 Å². The zero-order valence-electron chi connectivity index (χ0n) is 24.1. The van der Waals surface area contributed by atoms with Gasteiger partial charge in [-0.25, -0.2) is 4.79 Å². The van der Waals surface area contributed by atoms with Gasteiger partial charge in [0, 0.05) is 18.8 Å². The second-order valence-electron chi connectivity index (χ2n) is 12.0. The first-order valence-corrected chi connectivity index (χ1v) is 16.9.